The SMILES string of the molecule is CC(=O)C1C(=O)C[C@H]2[C@@H]1C1(OCCO1)[C@@H]1OC[C@H]2O1. The molecule has 3 aliphatic heterocycles. The van der Waals surface area contributed by atoms with Crippen LogP contribution in [0.2, 0.25) is 0 Å². The molecule has 5 atom stereocenters. The number of Topliss-reactive ketones (excluding diaryl/α,β-unsaturated/α-hetero) is 2. The predicted molar refractivity (Wildman–Crippen MR) is 60.0 cm³/mol. The fourth-order valence-corrected chi connectivity index (χ4v) is 4.09. The lowest BCUT2D eigenvalue weighted by Gasteiger charge is -2.44. The molecule has 1 unspecified atom stereocenters. The summed E-state index contributed by atoms with van der Waals surface area (Å²) in [7, 11) is 0. The first-order valence-corrected chi connectivity index (χ1v) is 6.71. The molecule has 4 aliphatic rings. The van der Waals surface area contributed by atoms with Gasteiger partial charge in [0.25, 0.3) is 0 Å². The van der Waals surface area contributed by atoms with E-state index < -0.39 is 18.0 Å². The fourth-order valence-electron chi connectivity index (χ4n) is 4.09. The summed E-state index contributed by atoms with van der Waals surface area (Å²) in [6.07, 6.45) is -0.389. The van der Waals surface area contributed by atoms with Crippen LogP contribution in [-0.4, -0.2) is 49.6 Å². The van der Waals surface area contributed by atoms with E-state index in [0.717, 1.165) is 0 Å². The molecule has 0 aromatic rings. The summed E-state index contributed by atoms with van der Waals surface area (Å²) in [5, 5.41) is 0. The van der Waals surface area contributed by atoms with Crippen molar-refractivity contribution in [1.29, 1.82) is 0 Å². The largest absolute Gasteiger partial charge is 0.345 e. The van der Waals surface area contributed by atoms with Crippen molar-refractivity contribution in [2.45, 2.75) is 31.5 Å². The lowest BCUT2D eigenvalue weighted by atomic mass is 9.76. The second-order valence-electron chi connectivity index (χ2n) is 5.71. The van der Waals surface area contributed by atoms with E-state index in [9.17, 15) is 9.59 Å². The quantitative estimate of drug-likeness (QED) is 0.618. The van der Waals surface area contributed by atoms with Crippen LogP contribution >= 0.6 is 0 Å². The van der Waals surface area contributed by atoms with Crippen LogP contribution in [0.3, 0.4) is 0 Å². The maximum Gasteiger partial charge on any atom is 0.225 e. The van der Waals surface area contributed by atoms with Gasteiger partial charge in [0.1, 0.15) is 11.6 Å². The number of carbonyl (C=O) groups excluding carboxylic acids is 2. The van der Waals surface area contributed by atoms with Crippen molar-refractivity contribution in [3.63, 3.8) is 0 Å². The molecule has 1 aliphatic carbocycles. The van der Waals surface area contributed by atoms with E-state index in [2.05, 4.69) is 0 Å². The van der Waals surface area contributed by atoms with Crippen LogP contribution in [0.15, 0.2) is 0 Å². The molecule has 1 spiro atoms. The maximum atomic E-state index is 12.2. The van der Waals surface area contributed by atoms with Crippen LogP contribution in [0.25, 0.3) is 0 Å². The van der Waals surface area contributed by atoms with E-state index in [-0.39, 0.29) is 29.5 Å². The Bertz CT molecular complexity index is 440. The van der Waals surface area contributed by atoms with Gasteiger partial charge in [0.2, 0.25) is 12.1 Å². The van der Waals surface area contributed by atoms with Crippen molar-refractivity contribution in [3.8, 4) is 0 Å². The van der Waals surface area contributed by atoms with Gasteiger partial charge in [-0.2, -0.15) is 0 Å². The second-order valence-corrected chi connectivity index (χ2v) is 5.71. The zero-order valence-electron chi connectivity index (χ0n) is 10.7. The summed E-state index contributed by atoms with van der Waals surface area (Å²) in [6, 6.07) is 0. The van der Waals surface area contributed by atoms with Crippen LogP contribution in [0.1, 0.15) is 13.3 Å². The first-order valence-electron chi connectivity index (χ1n) is 6.71. The molecule has 6 heteroatoms. The summed E-state index contributed by atoms with van der Waals surface area (Å²) in [5.74, 6) is -2.15. The Balaban J connectivity index is 1.81. The third kappa shape index (κ3) is 1.40. The molecule has 3 heterocycles. The Kier molecular flexibility index (Phi) is 2.42. The summed E-state index contributed by atoms with van der Waals surface area (Å²) < 4.78 is 23.0. The molecule has 0 aromatic carbocycles. The molecular weight excluding hydrogens is 252 g/mol. The molecule has 104 valence electrons. The molecule has 3 saturated heterocycles. The third-order valence-electron chi connectivity index (χ3n) is 4.76. The monoisotopic (exact) mass is 268 g/mol. The molecule has 6 nitrogen and oxygen atoms in total. The lowest BCUT2D eigenvalue weighted by molar-refractivity contribution is -0.339. The molecule has 0 N–H and O–H groups in total. The number of ketones is 2. The van der Waals surface area contributed by atoms with Crippen LogP contribution in [-0.2, 0) is 28.5 Å². The van der Waals surface area contributed by atoms with Gasteiger partial charge in [0.15, 0.2) is 0 Å². The van der Waals surface area contributed by atoms with Gasteiger partial charge < -0.3 is 18.9 Å². The zero-order valence-corrected chi connectivity index (χ0v) is 10.7. The van der Waals surface area contributed by atoms with Crippen molar-refractivity contribution in [3.05, 3.63) is 0 Å². The van der Waals surface area contributed by atoms with E-state index in [1.807, 2.05) is 0 Å². The van der Waals surface area contributed by atoms with Gasteiger partial charge in [-0.3, -0.25) is 9.59 Å². The summed E-state index contributed by atoms with van der Waals surface area (Å²) >= 11 is 0. The van der Waals surface area contributed by atoms with Crippen molar-refractivity contribution < 1.29 is 28.5 Å². The Morgan fingerprint density at radius 2 is 2.05 bits per heavy atom. The van der Waals surface area contributed by atoms with Gasteiger partial charge in [-0.15, -0.1) is 0 Å². The first-order chi connectivity index (χ1) is 9.13. The smallest absolute Gasteiger partial charge is 0.225 e. The number of hydrogen-bond acceptors (Lipinski definition) is 6. The zero-order chi connectivity index (χ0) is 13.2. The average Bonchev–Trinajstić information content (AvgIpc) is 3.01. The van der Waals surface area contributed by atoms with Crippen LogP contribution in [0.4, 0.5) is 0 Å². The Morgan fingerprint density at radius 3 is 2.74 bits per heavy atom. The highest BCUT2D eigenvalue weighted by Gasteiger charge is 2.69. The number of carbonyl (C=O) groups is 2. The normalized spacial score (nSPS) is 46.8. The molecule has 1 saturated carbocycles. The minimum Gasteiger partial charge on any atom is -0.345 e. The van der Waals surface area contributed by atoms with Crippen molar-refractivity contribution >= 4 is 11.6 Å². The van der Waals surface area contributed by atoms with E-state index in [0.29, 0.717) is 26.2 Å². The highest BCUT2D eigenvalue weighted by molar-refractivity contribution is 6.03. The average molecular weight is 268 g/mol. The molecule has 0 aromatic heterocycles. The van der Waals surface area contributed by atoms with Gasteiger partial charge in [-0.05, 0) is 6.92 Å². The van der Waals surface area contributed by atoms with Crippen LogP contribution in [0, 0.1) is 17.8 Å². The van der Waals surface area contributed by atoms with Crippen molar-refractivity contribution in [1.82, 2.24) is 0 Å². The van der Waals surface area contributed by atoms with E-state index in [4.69, 9.17) is 18.9 Å². The van der Waals surface area contributed by atoms with Gasteiger partial charge >= 0.3 is 0 Å². The predicted octanol–water partition coefficient (Wildman–Crippen LogP) is -0.105. The van der Waals surface area contributed by atoms with E-state index in [1.54, 1.807) is 0 Å². The summed E-state index contributed by atoms with van der Waals surface area (Å²) in [4.78, 5) is 24.0. The molecular formula is C13H16O6. The molecule has 0 radical (unpaired) electrons. The van der Waals surface area contributed by atoms with E-state index in [1.165, 1.54) is 6.92 Å². The van der Waals surface area contributed by atoms with Crippen molar-refractivity contribution in [2.75, 3.05) is 19.8 Å². The number of ether oxygens (including phenoxy) is 4. The Hall–Kier alpha value is -0.820. The standard InChI is InChI=1S/C13H16O6/c1-6(14)10-8(15)4-7-9-5-16-12(19-9)13(11(7)10)17-2-3-18-13/h7,9-12H,2-5H2,1H3/t7-,9-,10?,11+,12-/m1/s1. The molecule has 19 heavy (non-hydrogen) atoms. The van der Waals surface area contributed by atoms with Gasteiger partial charge in [-0.1, -0.05) is 0 Å². The topological polar surface area (TPSA) is 71.1 Å². The molecule has 2 bridgehead atoms. The van der Waals surface area contributed by atoms with E-state index >= 15 is 0 Å². The third-order valence-corrected chi connectivity index (χ3v) is 4.76. The first kappa shape index (κ1) is 12.0. The lowest BCUT2D eigenvalue weighted by Crippen LogP contribution is -2.59. The minimum atomic E-state index is -1.07. The molecule has 4 fully saturated rings. The van der Waals surface area contributed by atoms with Crippen LogP contribution in [0.5, 0.6) is 0 Å². The van der Waals surface area contributed by atoms with Gasteiger partial charge in [0.05, 0.1) is 31.8 Å². The Labute approximate surface area is 110 Å². The highest BCUT2D eigenvalue weighted by atomic mass is 16.8. The summed E-state index contributed by atoms with van der Waals surface area (Å²) in [5.41, 5.74) is 0. The molecule has 4 rings (SSSR count). The Morgan fingerprint density at radius 1 is 1.32 bits per heavy atom. The number of fused-ring (bicyclic) bond motifs is 6. The molecule has 0 amide bonds. The van der Waals surface area contributed by atoms with Gasteiger partial charge in [0, 0.05) is 18.3 Å². The van der Waals surface area contributed by atoms with Gasteiger partial charge in [-0.25, -0.2) is 0 Å². The number of rotatable bonds is 1. The van der Waals surface area contributed by atoms with Crippen LogP contribution < -0.4 is 0 Å². The second kappa shape index (κ2) is 3.85. The highest BCUT2D eigenvalue weighted by Crippen LogP contribution is 2.55. The van der Waals surface area contributed by atoms with Crippen molar-refractivity contribution in [2.24, 2.45) is 17.8 Å². The number of hydrogen-bond donors (Lipinski definition) is 0. The summed E-state index contributed by atoms with van der Waals surface area (Å²) in [6.45, 7) is 2.79. The minimum absolute atomic E-state index is 0.0166. The fraction of sp³-hybridized carbons (Fsp3) is 0.846. The maximum absolute atomic E-state index is 12.2.